The predicted octanol–water partition coefficient (Wildman–Crippen LogP) is 5.15. The molecule has 1 aliphatic heterocycles. The number of nitrogens with zero attached hydrogens (tertiary/aromatic N) is 2. The lowest BCUT2D eigenvalue weighted by molar-refractivity contribution is 0.314. The van der Waals surface area contributed by atoms with E-state index in [-0.39, 0.29) is 0 Å². The molecule has 122 valence electrons. The molecule has 1 heterocycles. The summed E-state index contributed by atoms with van der Waals surface area (Å²) in [6.07, 6.45) is 9.06. The minimum atomic E-state index is 0.408. The van der Waals surface area contributed by atoms with E-state index >= 15 is 0 Å². The van der Waals surface area contributed by atoms with Crippen LogP contribution in [-0.4, -0.2) is 12.4 Å². The van der Waals surface area contributed by atoms with Gasteiger partial charge in [-0.15, -0.1) is 0 Å². The summed E-state index contributed by atoms with van der Waals surface area (Å²) in [5, 5.41) is 0. The topological polar surface area (TPSA) is 24.7 Å². The Kier molecular flexibility index (Phi) is 5.84. The zero-order chi connectivity index (χ0) is 16.6. The van der Waals surface area contributed by atoms with E-state index < -0.39 is 0 Å². The highest BCUT2D eigenvalue weighted by Crippen LogP contribution is 2.35. The molecular weight excluding hydrogens is 292 g/mol. The van der Waals surface area contributed by atoms with Gasteiger partial charge in [-0.25, -0.2) is 0 Å². The summed E-state index contributed by atoms with van der Waals surface area (Å²) in [7, 11) is 0. The molecule has 0 bridgehead atoms. The lowest BCUT2D eigenvalue weighted by atomic mass is 9.78. The highest BCUT2D eigenvalue weighted by Gasteiger charge is 2.35. The van der Waals surface area contributed by atoms with Crippen molar-refractivity contribution in [1.29, 1.82) is 0 Å². The Morgan fingerprint density at radius 3 is 1.75 bits per heavy atom. The molecular formula is C22H25N2+. The maximum atomic E-state index is 4.53. The van der Waals surface area contributed by atoms with Gasteiger partial charge >= 0.3 is 0 Å². The normalized spacial score (nSPS) is 14.5. The SMILES string of the molecule is CCCC([C+]1N=CC=N1)C(Cc1ccccc1)Cc1ccccc1. The van der Waals surface area contributed by atoms with Crippen LogP contribution in [0.5, 0.6) is 0 Å². The molecule has 0 spiro atoms. The molecule has 0 radical (unpaired) electrons. The lowest BCUT2D eigenvalue weighted by Crippen LogP contribution is -2.24. The van der Waals surface area contributed by atoms with Crippen molar-refractivity contribution in [3.8, 4) is 0 Å². The molecule has 0 N–H and O–H groups in total. The van der Waals surface area contributed by atoms with E-state index in [1.165, 1.54) is 11.1 Å². The summed E-state index contributed by atoms with van der Waals surface area (Å²) >= 11 is 0. The molecule has 0 saturated heterocycles. The fourth-order valence-electron chi connectivity index (χ4n) is 3.52. The van der Waals surface area contributed by atoms with Crippen molar-refractivity contribution in [2.75, 3.05) is 0 Å². The molecule has 2 nitrogen and oxygen atoms in total. The van der Waals surface area contributed by atoms with Crippen molar-refractivity contribution < 1.29 is 0 Å². The van der Waals surface area contributed by atoms with Crippen LogP contribution in [0.25, 0.3) is 0 Å². The maximum absolute atomic E-state index is 4.53. The summed E-state index contributed by atoms with van der Waals surface area (Å²) in [5.74, 6) is 0.919. The van der Waals surface area contributed by atoms with Gasteiger partial charge in [-0.2, -0.15) is 0 Å². The molecule has 1 atom stereocenters. The van der Waals surface area contributed by atoms with Gasteiger partial charge in [-0.05, 0) is 36.3 Å². The minimum absolute atomic E-state index is 0.408. The Morgan fingerprint density at radius 2 is 1.29 bits per heavy atom. The zero-order valence-electron chi connectivity index (χ0n) is 14.3. The third kappa shape index (κ3) is 4.35. The van der Waals surface area contributed by atoms with Gasteiger partial charge in [0.05, 0.1) is 5.92 Å². The first-order valence-electron chi connectivity index (χ1n) is 8.88. The standard InChI is InChI=1S/C22H25N2/c1-2-9-21(22-23-14-15-24-22)20(16-18-10-5-3-6-11-18)17-19-12-7-4-8-13-19/h3-8,10-15,20-21H,2,9,16-17H2,1H3/q+1. The first-order chi connectivity index (χ1) is 11.9. The van der Waals surface area contributed by atoms with E-state index in [0.29, 0.717) is 11.8 Å². The fourth-order valence-corrected chi connectivity index (χ4v) is 3.52. The Bertz CT molecular complexity index is 607. The zero-order valence-corrected chi connectivity index (χ0v) is 14.3. The van der Waals surface area contributed by atoms with Crippen molar-refractivity contribution in [1.82, 2.24) is 0 Å². The molecule has 24 heavy (non-hydrogen) atoms. The molecule has 2 aromatic rings. The van der Waals surface area contributed by atoms with Crippen LogP contribution in [-0.2, 0) is 12.8 Å². The van der Waals surface area contributed by atoms with Crippen LogP contribution < -0.4 is 0 Å². The van der Waals surface area contributed by atoms with Crippen molar-refractivity contribution in [2.24, 2.45) is 21.8 Å². The van der Waals surface area contributed by atoms with Gasteiger partial charge in [0.2, 0.25) is 6.17 Å². The molecule has 0 amide bonds. The molecule has 3 rings (SSSR count). The fraction of sp³-hybridized carbons (Fsp3) is 0.318. The predicted molar refractivity (Wildman–Crippen MR) is 102 cm³/mol. The smallest absolute Gasteiger partial charge is 0.0965 e. The van der Waals surface area contributed by atoms with Crippen LogP contribution in [0.1, 0.15) is 30.9 Å². The van der Waals surface area contributed by atoms with Gasteiger partial charge in [-0.1, -0.05) is 84.0 Å². The number of hydrogen-bond donors (Lipinski definition) is 0. The molecule has 1 unspecified atom stereocenters. The van der Waals surface area contributed by atoms with Crippen molar-refractivity contribution in [3.05, 3.63) is 78.0 Å². The Morgan fingerprint density at radius 1 is 0.792 bits per heavy atom. The van der Waals surface area contributed by atoms with E-state index in [1.807, 2.05) is 12.4 Å². The van der Waals surface area contributed by atoms with Crippen molar-refractivity contribution in [2.45, 2.75) is 32.6 Å². The van der Waals surface area contributed by atoms with Crippen molar-refractivity contribution in [3.63, 3.8) is 0 Å². The van der Waals surface area contributed by atoms with Gasteiger partial charge in [-0.3, -0.25) is 0 Å². The van der Waals surface area contributed by atoms with E-state index in [1.54, 1.807) is 0 Å². The van der Waals surface area contributed by atoms with Crippen LogP contribution >= 0.6 is 0 Å². The van der Waals surface area contributed by atoms with Gasteiger partial charge in [0, 0.05) is 0 Å². The van der Waals surface area contributed by atoms with Gasteiger partial charge in [0.15, 0.2) is 12.4 Å². The summed E-state index contributed by atoms with van der Waals surface area (Å²) in [4.78, 5) is 9.06. The average Bonchev–Trinajstić information content (AvgIpc) is 3.15. The molecule has 2 aromatic carbocycles. The van der Waals surface area contributed by atoms with E-state index in [4.69, 9.17) is 0 Å². The summed E-state index contributed by atoms with van der Waals surface area (Å²) < 4.78 is 0. The van der Waals surface area contributed by atoms with Crippen LogP contribution in [0, 0.1) is 18.0 Å². The van der Waals surface area contributed by atoms with Gasteiger partial charge < -0.3 is 0 Å². The second-order valence-electron chi connectivity index (χ2n) is 6.45. The first kappa shape index (κ1) is 16.5. The molecule has 0 saturated carbocycles. The van der Waals surface area contributed by atoms with E-state index in [9.17, 15) is 0 Å². The summed E-state index contributed by atoms with van der Waals surface area (Å²) in [5.41, 5.74) is 2.79. The Hall–Kier alpha value is -2.35. The first-order valence-corrected chi connectivity index (χ1v) is 8.88. The minimum Gasteiger partial charge on any atom is -0.0965 e. The molecule has 0 aliphatic carbocycles. The lowest BCUT2D eigenvalue weighted by Gasteiger charge is -2.25. The van der Waals surface area contributed by atoms with Gasteiger partial charge in [0.25, 0.3) is 0 Å². The van der Waals surface area contributed by atoms with Crippen LogP contribution in [0.4, 0.5) is 0 Å². The largest absolute Gasteiger partial charge is 0.244 e. The van der Waals surface area contributed by atoms with Crippen LogP contribution in [0.15, 0.2) is 70.6 Å². The number of benzene rings is 2. The number of rotatable bonds is 8. The monoisotopic (exact) mass is 317 g/mol. The van der Waals surface area contributed by atoms with Gasteiger partial charge in [0.1, 0.15) is 0 Å². The Labute approximate surface area is 145 Å². The third-order valence-electron chi connectivity index (χ3n) is 4.66. The molecule has 0 aromatic heterocycles. The molecule has 1 aliphatic rings. The number of aliphatic imine (C=N–C) groups is 2. The quantitative estimate of drug-likeness (QED) is 0.602. The highest BCUT2D eigenvalue weighted by molar-refractivity contribution is 6.18. The molecule has 2 heteroatoms. The summed E-state index contributed by atoms with van der Waals surface area (Å²) in [6, 6.07) is 21.6. The van der Waals surface area contributed by atoms with Crippen LogP contribution in [0.3, 0.4) is 0 Å². The van der Waals surface area contributed by atoms with Crippen molar-refractivity contribution >= 4 is 12.4 Å². The maximum Gasteiger partial charge on any atom is 0.244 e. The van der Waals surface area contributed by atoms with E-state index in [2.05, 4.69) is 77.6 Å². The average molecular weight is 317 g/mol. The number of hydrogen-bond acceptors (Lipinski definition) is 2. The second-order valence-corrected chi connectivity index (χ2v) is 6.45. The van der Waals surface area contributed by atoms with E-state index in [0.717, 1.165) is 31.8 Å². The highest BCUT2D eigenvalue weighted by atomic mass is 15.0. The third-order valence-corrected chi connectivity index (χ3v) is 4.66. The molecule has 0 fully saturated rings. The summed E-state index contributed by atoms with van der Waals surface area (Å²) in [6.45, 7) is 2.25. The van der Waals surface area contributed by atoms with Crippen LogP contribution in [0.2, 0.25) is 0 Å². The Balaban J connectivity index is 1.84. The second kappa shape index (κ2) is 8.49.